The molecule has 0 aromatic heterocycles. The van der Waals surface area contributed by atoms with Crippen molar-refractivity contribution in [2.75, 3.05) is 40.5 Å². The number of hydrogen-bond acceptors (Lipinski definition) is 6. The summed E-state index contributed by atoms with van der Waals surface area (Å²) in [4.78, 5) is 25.0. The molecule has 39 heavy (non-hydrogen) atoms. The number of rotatable bonds is 14. The first-order valence-corrected chi connectivity index (χ1v) is 14.2. The van der Waals surface area contributed by atoms with Crippen LogP contribution in [-0.4, -0.2) is 58.5 Å². The lowest BCUT2D eigenvalue weighted by molar-refractivity contribution is 0.0802. The highest BCUT2D eigenvalue weighted by Gasteiger charge is 2.23. The molecule has 1 aliphatic rings. The third kappa shape index (κ3) is 10.0. The Morgan fingerprint density at radius 3 is 2.56 bits per heavy atom. The lowest BCUT2D eigenvalue weighted by Crippen LogP contribution is -2.42. The highest BCUT2D eigenvalue weighted by atomic mass is 35.5. The molecule has 8 nitrogen and oxygen atoms in total. The molecular formula is C30H42ClN3O5. The molecule has 1 unspecified atom stereocenters. The second-order valence-electron chi connectivity index (χ2n) is 9.92. The zero-order chi connectivity index (χ0) is 28.0. The Kier molecular flexibility index (Phi) is 12.9. The molecule has 2 atom stereocenters. The van der Waals surface area contributed by atoms with Crippen molar-refractivity contribution in [3.05, 3.63) is 64.2 Å². The lowest BCUT2D eigenvalue weighted by atomic mass is 9.84. The molecule has 0 bridgehead atoms. The number of benzene rings is 2. The van der Waals surface area contributed by atoms with E-state index in [2.05, 4.69) is 20.7 Å². The SMILES string of the molecule is CCOc1cc(C(=O)N[C@H](CNC)CC2CCCCC2)cc(C(OCCNC(=O)OC)c2cccc(Cl)c2)c1. The van der Waals surface area contributed by atoms with Gasteiger partial charge < -0.3 is 30.2 Å². The number of carbonyl (C=O) groups is 2. The van der Waals surface area contributed by atoms with Crippen LogP contribution in [0.3, 0.4) is 0 Å². The molecule has 2 aromatic carbocycles. The quantitative estimate of drug-likeness (QED) is 0.265. The van der Waals surface area contributed by atoms with Gasteiger partial charge in [-0.3, -0.25) is 4.79 Å². The van der Waals surface area contributed by atoms with E-state index in [-0.39, 0.29) is 25.1 Å². The summed E-state index contributed by atoms with van der Waals surface area (Å²) in [6.07, 6.45) is 6.19. The Hall–Kier alpha value is -2.81. The number of amides is 2. The van der Waals surface area contributed by atoms with Crippen LogP contribution >= 0.6 is 11.6 Å². The number of halogens is 1. The first-order chi connectivity index (χ1) is 18.9. The first-order valence-electron chi connectivity index (χ1n) is 13.9. The Balaban J connectivity index is 1.85. The maximum atomic E-state index is 13.5. The molecule has 2 aromatic rings. The Labute approximate surface area is 237 Å². The number of ether oxygens (including phenoxy) is 3. The fourth-order valence-corrected chi connectivity index (χ4v) is 5.34. The predicted octanol–water partition coefficient (Wildman–Crippen LogP) is 5.49. The second-order valence-corrected chi connectivity index (χ2v) is 10.4. The summed E-state index contributed by atoms with van der Waals surface area (Å²) in [5.41, 5.74) is 2.08. The molecule has 1 fully saturated rings. The van der Waals surface area contributed by atoms with Crippen molar-refractivity contribution in [3.8, 4) is 5.75 Å². The van der Waals surface area contributed by atoms with Gasteiger partial charge in [-0.05, 0) is 67.8 Å². The number of alkyl carbamates (subject to hydrolysis) is 1. The predicted molar refractivity (Wildman–Crippen MR) is 154 cm³/mol. The van der Waals surface area contributed by atoms with E-state index in [0.717, 1.165) is 17.5 Å². The Morgan fingerprint density at radius 1 is 1.08 bits per heavy atom. The minimum absolute atomic E-state index is 0.0363. The molecule has 1 saturated carbocycles. The van der Waals surface area contributed by atoms with Crippen LogP contribution in [0.2, 0.25) is 5.02 Å². The van der Waals surface area contributed by atoms with Crippen LogP contribution in [0.25, 0.3) is 0 Å². The van der Waals surface area contributed by atoms with Crippen LogP contribution in [0, 0.1) is 5.92 Å². The highest BCUT2D eigenvalue weighted by molar-refractivity contribution is 6.30. The second kappa shape index (κ2) is 16.3. The molecule has 0 spiro atoms. The van der Waals surface area contributed by atoms with E-state index < -0.39 is 12.2 Å². The number of nitrogens with one attached hydrogen (secondary N) is 3. The van der Waals surface area contributed by atoms with Gasteiger partial charge in [0.05, 0.1) is 20.3 Å². The van der Waals surface area contributed by atoms with Gasteiger partial charge in [-0.25, -0.2) is 4.79 Å². The van der Waals surface area contributed by atoms with Crippen LogP contribution in [0.1, 0.15) is 73.0 Å². The van der Waals surface area contributed by atoms with Crippen LogP contribution in [0.5, 0.6) is 5.75 Å². The normalized spacial score (nSPS) is 15.3. The first kappa shape index (κ1) is 30.7. The third-order valence-corrected chi connectivity index (χ3v) is 7.16. The fraction of sp³-hybridized carbons (Fsp3) is 0.533. The topological polar surface area (TPSA) is 97.9 Å². The molecule has 9 heteroatoms. The summed E-state index contributed by atoms with van der Waals surface area (Å²) in [6, 6.07) is 12.9. The van der Waals surface area contributed by atoms with Gasteiger partial charge in [0.25, 0.3) is 5.91 Å². The van der Waals surface area contributed by atoms with Gasteiger partial charge >= 0.3 is 6.09 Å². The van der Waals surface area contributed by atoms with Crippen molar-refractivity contribution in [3.63, 3.8) is 0 Å². The van der Waals surface area contributed by atoms with Crippen molar-refractivity contribution in [2.24, 2.45) is 5.92 Å². The highest BCUT2D eigenvalue weighted by Crippen LogP contribution is 2.32. The summed E-state index contributed by atoms with van der Waals surface area (Å²) in [6.45, 7) is 3.55. The van der Waals surface area contributed by atoms with Gasteiger partial charge in [0.15, 0.2) is 0 Å². The molecule has 3 rings (SSSR count). The van der Waals surface area contributed by atoms with Gasteiger partial charge in [0, 0.05) is 29.7 Å². The van der Waals surface area contributed by atoms with E-state index in [4.69, 9.17) is 21.1 Å². The zero-order valence-electron chi connectivity index (χ0n) is 23.3. The Morgan fingerprint density at radius 2 is 1.87 bits per heavy atom. The molecule has 0 aliphatic heterocycles. The largest absolute Gasteiger partial charge is 0.494 e. The van der Waals surface area contributed by atoms with E-state index in [1.54, 1.807) is 12.1 Å². The smallest absolute Gasteiger partial charge is 0.406 e. The van der Waals surface area contributed by atoms with E-state index in [0.29, 0.717) is 35.4 Å². The van der Waals surface area contributed by atoms with Crippen molar-refractivity contribution >= 4 is 23.6 Å². The van der Waals surface area contributed by atoms with Gasteiger partial charge in [-0.1, -0.05) is 55.8 Å². The zero-order valence-corrected chi connectivity index (χ0v) is 24.0. The van der Waals surface area contributed by atoms with Crippen molar-refractivity contribution in [1.82, 2.24) is 16.0 Å². The van der Waals surface area contributed by atoms with Crippen LogP contribution < -0.4 is 20.7 Å². The van der Waals surface area contributed by atoms with Crippen molar-refractivity contribution in [2.45, 2.75) is 57.6 Å². The fourth-order valence-electron chi connectivity index (χ4n) is 5.14. The minimum atomic E-state index is -0.537. The van der Waals surface area contributed by atoms with Crippen molar-refractivity contribution < 1.29 is 23.8 Å². The molecule has 2 amide bonds. The summed E-state index contributed by atoms with van der Waals surface area (Å²) >= 11 is 6.30. The molecule has 1 aliphatic carbocycles. The third-order valence-electron chi connectivity index (χ3n) is 6.93. The average molecular weight is 560 g/mol. The molecule has 0 heterocycles. The summed E-state index contributed by atoms with van der Waals surface area (Å²) in [7, 11) is 3.23. The minimum Gasteiger partial charge on any atom is -0.494 e. The van der Waals surface area contributed by atoms with Gasteiger partial charge in [0.1, 0.15) is 11.9 Å². The van der Waals surface area contributed by atoms with E-state index >= 15 is 0 Å². The molecule has 3 N–H and O–H groups in total. The standard InChI is InChI=1S/C30H42ClN3O5/c1-4-38-27-18-23(28(22-11-8-12-25(31)17-22)39-14-13-33-30(36)37-3)16-24(19-27)29(35)34-26(20-32-2)15-21-9-6-5-7-10-21/h8,11-12,16-19,21,26,28,32H,4-7,9-10,13-15,20H2,1-3H3,(H,33,36)(H,34,35)/t26-,28?/m0/s1. The number of hydrogen-bond donors (Lipinski definition) is 3. The summed E-state index contributed by atoms with van der Waals surface area (Å²) < 4.78 is 16.7. The van der Waals surface area contributed by atoms with Crippen molar-refractivity contribution in [1.29, 1.82) is 0 Å². The Bertz CT molecular complexity index is 1060. The van der Waals surface area contributed by atoms with Crippen LogP contribution in [0.4, 0.5) is 4.79 Å². The number of methoxy groups -OCH3 is 1. The summed E-state index contributed by atoms with van der Waals surface area (Å²) in [5, 5.41) is 9.69. The molecular weight excluding hydrogens is 518 g/mol. The van der Waals surface area contributed by atoms with Gasteiger partial charge in [-0.2, -0.15) is 0 Å². The van der Waals surface area contributed by atoms with Gasteiger partial charge in [0.2, 0.25) is 0 Å². The number of carbonyl (C=O) groups excluding carboxylic acids is 2. The monoisotopic (exact) mass is 559 g/mol. The van der Waals surface area contributed by atoms with Gasteiger partial charge in [-0.15, -0.1) is 0 Å². The van der Waals surface area contributed by atoms with E-state index in [1.807, 2.05) is 44.3 Å². The summed E-state index contributed by atoms with van der Waals surface area (Å²) in [5.74, 6) is 1.08. The molecule has 0 radical (unpaired) electrons. The average Bonchev–Trinajstić information content (AvgIpc) is 2.93. The van der Waals surface area contributed by atoms with Crippen LogP contribution in [0.15, 0.2) is 42.5 Å². The number of likely N-dealkylation sites (N-methyl/N-ethyl adjacent to an activating group) is 1. The van der Waals surface area contributed by atoms with E-state index in [9.17, 15) is 9.59 Å². The van der Waals surface area contributed by atoms with Crippen LogP contribution in [-0.2, 0) is 9.47 Å². The maximum Gasteiger partial charge on any atom is 0.406 e. The maximum absolute atomic E-state index is 13.5. The molecule has 214 valence electrons. The molecule has 0 saturated heterocycles. The van der Waals surface area contributed by atoms with E-state index in [1.165, 1.54) is 39.2 Å². The lowest BCUT2D eigenvalue weighted by Gasteiger charge is -2.27.